The predicted octanol–water partition coefficient (Wildman–Crippen LogP) is 6.21. The van der Waals surface area contributed by atoms with Crippen molar-refractivity contribution in [1.29, 1.82) is 0 Å². The maximum absolute atomic E-state index is 13.4. The average Bonchev–Trinajstić information content (AvgIpc) is 3.26. The van der Waals surface area contributed by atoms with Gasteiger partial charge in [0.1, 0.15) is 5.69 Å². The van der Waals surface area contributed by atoms with Gasteiger partial charge in [-0.2, -0.15) is 31.4 Å². The highest BCUT2D eigenvalue weighted by Crippen LogP contribution is 2.35. The minimum atomic E-state index is -4.63. The van der Waals surface area contributed by atoms with E-state index in [0.29, 0.717) is 36.1 Å². The first-order valence-electron chi connectivity index (χ1n) is 11.2. The van der Waals surface area contributed by atoms with Crippen molar-refractivity contribution in [2.75, 3.05) is 5.32 Å². The Labute approximate surface area is 207 Å². The maximum Gasteiger partial charge on any atom is 0.433 e. The van der Waals surface area contributed by atoms with Gasteiger partial charge >= 0.3 is 12.4 Å². The third-order valence-corrected chi connectivity index (χ3v) is 6.19. The molecule has 2 aromatic heterocycles. The number of fused-ring (bicyclic) bond motifs is 1. The van der Waals surface area contributed by atoms with Crippen molar-refractivity contribution in [3.05, 3.63) is 52.9 Å². The molecular weight excluding hydrogens is 512 g/mol. The fraction of sp³-hybridized carbons (Fsp3) is 0.435. The lowest BCUT2D eigenvalue weighted by molar-refractivity contribution is -0.141. The molecule has 4 rings (SSSR count). The van der Waals surface area contributed by atoms with E-state index in [4.69, 9.17) is 11.6 Å². The Morgan fingerprint density at radius 2 is 1.86 bits per heavy atom. The SMILES string of the molecule is O=C(N[C@@H]1CCC[C@H](Nc2cc(C(F)(F)F)nc3ccc(Cl)cc23)C1)c1cnn(CCC(F)(F)F)c1. The van der Waals surface area contributed by atoms with Crippen molar-refractivity contribution < 1.29 is 31.1 Å². The zero-order valence-corrected chi connectivity index (χ0v) is 19.5. The average molecular weight is 534 g/mol. The third-order valence-electron chi connectivity index (χ3n) is 5.95. The number of aryl methyl sites for hydroxylation is 1. The number of hydrogen-bond acceptors (Lipinski definition) is 4. The molecule has 0 spiro atoms. The summed E-state index contributed by atoms with van der Waals surface area (Å²) in [6, 6.07) is 4.89. The molecule has 1 saturated carbocycles. The van der Waals surface area contributed by atoms with Crippen molar-refractivity contribution in [2.24, 2.45) is 0 Å². The molecule has 194 valence electrons. The highest BCUT2D eigenvalue weighted by molar-refractivity contribution is 6.31. The van der Waals surface area contributed by atoms with Crippen molar-refractivity contribution in [3.63, 3.8) is 0 Å². The van der Waals surface area contributed by atoms with Gasteiger partial charge in [-0.3, -0.25) is 9.48 Å². The Bertz CT molecular complexity index is 1240. The van der Waals surface area contributed by atoms with Crippen LogP contribution in [0, 0.1) is 0 Å². The van der Waals surface area contributed by atoms with Crippen LogP contribution in [0.1, 0.15) is 48.2 Å². The molecule has 6 nitrogen and oxygen atoms in total. The van der Waals surface area contributed by atoms with E-state index in [1.807, 2.05) is 0 Å². The van der Waals surface area contributed by atoms with Gasteiger partial charge in [0, 0.05) is 40.9 Å². The zero-order valence-electron chi connectivity index (χ0n) is 18.8. The second kappa shape index (κ2) is 10.2. The van der Waals surface area contributed by atoms with Gasteiger partial charge in [-0.05, 0) is 49.9 Å². The van der Waals surface area contributed by atoms with E-state index in [-0.39, 0.29) is 28.9 Å². The van der Waals surface area contributed by atoms with Crippen molar-refractivity contribution in [1.82, 2.24) is 20.1 Å². The number of nitrogens with one attached hydrogen (secondary N) is 2. The molecule has 0 aliphatic heterocycles. The van der Waals surface area contributed by atoms with E-state index in [2.05, 4.69) is 20.7 Å². The number of alkyl halides is 6. The Morgan fingerprint density at radius 3 is 2.58 bits per heavy atom. The van der Waals surface area contributed by atoms with Crippen LogP contribution in [0.25, 0.3) is 10.9 Å². The summed E-state index contributed by atoms with van der Waals surface area (Å²) in [5.74, 6) is -0.473. The van der Waals surface area contributed by atoms with Crippen LogP contribution in [0.2, 0.25) is 5.02 Å². The molecule has 2 atom stereocenters. The third kappa shape index (κ3) is 6.59. The lowest BCUT2D eigenvalue weighted by Gasteiger charge is -2.31. The highest BCUT2D eigenvalue weighted by Gasteiger charge is 2.34. The molecule has 0 saturated heterocycles. The number of anilines is 1. The molecule has 2 heterocycles. The van der Waals surface area contributed by atoms with Gasteiger partial charge in [0.25, 0.3) is 5.91 Å². The maximum atomic E-state index is 13.4. The van der Waals surface area contributed by atoms with Crippen LogP contribution in [0.4, 0.5) is 32.0 Å². The summed E-state index contributed by atoms with van der Waals surface area (Å²) in [5.41, 5.74) is -0.488. The normalized spacial score (nSPS) is 18.9. The van der Waals surface area contributed by atoms with E-state index >= 15 is 0 Å². The lowest BCUT2D eigenvalue weighted by Crippen LogP contribution is -2.41. The van der Waals surface area contributed by atoms with Gasteiger partial charge in [-0.15, -0.1) is 0 Å². The second-order valence-electron chi connectivity index (χ2n) is 8.75. The number of hydrogen-bond donors (Lipinski definition) is 2. The first-order chi connectivity index (χ1) is 16.9. The first kappa shape index (κ1) is 26.1. The number of amides is 1. The highest BCUT2D eigenvalue weighted by atomic mass is 35.5. The Kier molecular flexibility index (Phi) is 7.35. The van der Waals surface area contributed by atoms with Gasteiger partial charge in [0.05, 0.1) is 23.7 Å². The topological polar surface area (TPSA) is 71.8 Å². The lowest BCUT2D eigenvalue weighted by atomic mass is 9.90. The Morgan fingerprint density at radius 1 is 1.11 bits per heavy atom. The summed E-state index contributed by atoms with van der Waals surface area (Å²) in [4.78, 5) is 16.3. The van der Waals surface area contributed by atoms with Crippen molar-refractivity contribution in [3.8, 4) is 0 Å². The Hall–Kier alpha value is -3.02. The summed E-state index contributed by atoms with van der Waals surface area (Å²) < 4.78 is 78.5. The van der Waals surface area contributed by atoms with Crippen LogP contribution in [0.3, 0.4) is 0 Å². The van der Waals surface area contributed by atoms with Crippen LogP contribution >= 0.6 is 11.6 Å². The molecule has 13 heteroatoms. The van der Waals surface area contributed by atoms with E-state index in [1.165, 1.54) is 24.5 Å². The number of pyridine rings is 1. The zero-order chi connectivity index (χ0) is 26.1. The molecule has 1 aromatic carbocycles. The number of carbonyl (C=O) groups is 1. The molecule has 1 aliphatic carbocycles. The molecule has 0 bridgehead atoms. The molecular formula is C23H22ClF6N5O. The summed E-state index contributed by atoms with van der Waals surface area (Å²) >= 11 is 6.06. The van der Waals surface area contributed by atoms with E-state index in [9.17, 15) is 31.1 Å². The number of halogens is 7. The number of nitrogens with zero attached hydrogens (tertiary/aromatic N) is 3. The smallest absolute Gasteiger partial charge is 0.382 e. The summed E-state index contributed by atoms with van der Waals surface area (Å²) in [5, 5.41) is 10.6. The van der Waals surface area contributed by atoms with Crippen LogP contribution in [-0.2, 0) is 12.7 Å². The number of aromatic nitrogens is 3. The van der Waals surface area contributed by atoms with Crippen LogP contribution in [0.15, 0.2) is 36.7 Å². The molecule has 1 aliphatic rings. The van der Waals surface area contributed by atoms with Gasteiger partial charge < -0.3 is 10.6 Å². The van der Waals surface area contributed by atoms with Crippen molar-refractivity contribution >= 4 is 34.1 Å². The summed E-state index contributed by atoms with van der Waals surface area (Å²) in [7, 11) is 0. The van der Waals surface area contributed by atoms with Gasteiger partial charge in [0.2, 0.25) is 0 Å². The van der Waals surface area contributed by atoms with E-state index in [1.54, 1.807) is 6.07 Å². The van der Waals surface area contributed by atoms with Gasteiger partial charge in [-0.1, -0.05) is 11.6 Å². The molecule has 0 unspecified atom stereocenters. The molecule has 1 fully saturated rings. The quantitative estimate of drug-likeness (QED) is 0.370. The largest absolute Gasteiger partial charge is 0.433 e. The van der Waals surface area contributed by atoms with E-state index < -0.39 is 36.9 Å². The van der Waals surface area contributed by atoms with Crippen LogP contribution in [0.5, 0.6) is 0 Å². The Balaban J connectivity index is 1.44. The molecule has 1 amide bonds. The monoisotopic (exact) mass is 533 g/mol. The van der Waals surface area contributed by atoms with Gasteiger partial charge in [-0.25, -0.2) is 4.98 Å². The first-order valence-corrected chi connectivity index (χ1v) is 11.6. The molecule has 36 heavy (non-hydrogen) atoms. The molecule has 3 aromatic rings. The summed E-state index contributed by atoms with van der Waals surface area (Å²) in [6.07, 6.45) is -5.07. The minimum absolute atomic E-state index is 0.136. The standard InChI is InChI=1S/C23H22ClF6N5O/c24-14-4-5-18-17(8-14)19(10-20(34-18)23(28,29)30)32-15-2-1-3-16(9-15)33-21(36)13-11-31-35(12-13)7-6-22(25,26)27/h4-5,8,10-12,15-16H,1-3,6-7,9H2,(H,32,34)(H,33,36)/t15-,16+/m0/s1. The fourth-order valence-electron chi connectivity index (χ4n) is 4.25. The number of benzene rings is 1. The number of carbonyl (C=O) groups excluding carboxylic acids is 1. The van der Waals surface area contributed by atoms with Crippen LogP contribution < -0.4 is 10.6 Å². The molecule has 0 radical (unpaired) electrons. The summed E-state index contributed by atoms with van der Waals surface area (Å²) in [6.45, 7) is -0.393. The van der Waals surface area contributed by atoms with Crippen LogP contribution in [-0.4, -0.2) is 38.9 Å². The fourth-order valence-corrected chi connectivity index (χ4v) is 4.42. The van der Waals surface area contributed by atoms with E-state index in [0.717, 1.165) is 10.7 Å². The van der Waals surface area contributed by atoms with Crippen molar-refractivity contribution in [2.45, 2.75) is 63.1 Å². The number of rotatable bonds is 6. The van der Waals surface area contributed by atoms with Gasteiger partial charge in [0.15, 0.2) is 0 Å². The predicted molar refractivity (Wildman–Crippen MR) is 122 cm³/mol. The minimum Gasteiger partial charge on any atom is -0.382 e. The molecule has 2 N–H and O–H groups in total. The second-order valence-corrected chi connectivity index (χ2v) is 9.19.